The summed E-state index contributed by atoms with van der Waals surface area (Å²) in [6.07, 6.45) is 9.47. The smallest absolute Gasteiger partial charge is 0.321 e. The molecule has 0 unspecified atom stereocenters. The molecule has 2 fully saturated rings. The van der Waals surface area contributed by atoms with Gasteiger partial charge < -0.3 is 15.5 Å². The van der Waals surface area contributed by atoms with Crippen molar-refractivity contribution in [2.75, 3.05) is 18.4 Å². The van der Waals surface area contributed by atoms with E-state index in [4.69, 9.17) is 11.6 Å². The molecule has 1 saturated carbocycles. The van der Waals surface area contributed by atoms with Gasteiger partial charge in [-0.15, -0.1) is 0 Å². The van der Waals surface area contributed by atoms with Gasteiger partial charge in [0.1, 0.15) is 0 Å². The topological polar surface area (TPSA) is 61.4 Å². The fourth-order valence-electron chi connectivity index (χ4n) is 4.10. The molecule has 6 heteroatoms. The van der Waals surface area contributed by atoms with E-state index in [9.17, 15) is 9.59 Å². The van der Waals surface area contributed by atoms with E-state index in [0.29, 0.717) is 23.4 Å². The number of piperidine rings is 1. The van der Waals surface area contributed by atoms with Gasteiger partial charge >= 0.3 is 6.03 Å². The molecule has 0 aromatic heterocycles. The molecule has 27 heavy (non-hydrogen) atoms. The Morgan fingerprint density at radius 2 is 1.78 bits per heavy atom. The zero-order valence-corrected chi connectivity index (χ0v) is 16.6. The van der Waals surface area contributed by atoms with Gasteiger partial charge in [-0.1, -0.05) is 30.9 Å². The molecule has 148 valence electrons. The summed E-state index contributed by atoms with van der Waals surface area (Å²) in [5, 5.41) is 6.77. The number of carbonyl (C=O) groups excluding carboxylic acids is 2. The number of rotatable bonds is 5. The number of urea groups is 1. The van der Waals surface area contributed by atoms with Crippen molar-refractivity contribution in [1.82, 2.24) is 10.2 Å². The molecule has 1 atom stereocenters. The van der Waals surface area contributed by atoms with Crippen LogP contribution in [0.3, 0.4) is 0 Å². The molecule has 1 aromatic carbocycles. The highest BCUT2D eigenvalue weighted by Crippen LogP contribution is 2.23. The minimum Gasteiger partial charge on any atom is -0.353 e. The van der Waals surface area contributed by atoms with Gasteiger partial charge in [-0.2, -0.15) is 0 Å². The second-order valence-electron chi connectivity index (χ2n) is 7.83. The summed E-state index contributed by atoms with van der Waals surface area (Å²) in [7, 11) is 0. The van der Waals surface area contributed by atoms with Gasteiger partial charge in [0.15, 0.2) is 0 Å². The molecule has 5 nitrogen and oxygen atoms in total. The number of hydrogen-bond donors (Lipinski definition) is 2. The Kier molecular flexibility index (Phi) is 7.39. The Bertz CT molecular complexity index is 629. The highest BCUT2D eigenvalue weighted by molar-refractivity contribution is 6.30. The van der Waals surface area contributed by atoms with E-state index in [1.165, 1.54) is 19.3 Å². The number of amides is 3. The molecular weight excluding hydrogens is 362 g/mol. The molecule has 2 N–H and O–H groups in total. The van der Waals surface area contributed by atoms with Crippen molar-refractivity contribution in [2.45, 2.75) is 63.8 Å². The number of likely N-dealkylation sites (tertiary alicyclic amines) is 1. The first kappa shape index (κ1) is 20.0. The van der Waals surface area contributed by atoms with Crippen LogP contribution >= 0.6 is 11.6 Å². The Morgan fingerprint density at radius 1 is 1.04 bits per heavy atom. The van der Waals surface area contributed by atoms with E-state index in [2.05, 4.69) is 10.6 Å². The van der Waals surface area contributed by atoms with Gasteiger partial charge in [0, 0.05) is 36.3 Å². The maximum absolute atomic E-state index is 12.5. The highest BCUT2D eigenvalue weighted by atomic mass is 35.5. The van der Waals surface area contributed by atoms with Crippen molar-refractivity contribution < 1.29 is 9.59 Å². The van der Waals surface area contributed by atoms with Crippen LogP contribution in [0.2, 0.25) is 5.02 Å². The van der Waals surface area contributed by atoms with Crippen LogP contribution in [0.5, 0.6) is 0 Å². The number of carbonyl (C=O) groups is 2. The van der Waals surface area contributed by atoms with Crippen LogP contribution in [0.15, 0.2) is 24.3 Å². The summed E-state index contributed by atoms with van der Waals surface area (Å²) in [6, 6.07) is 7.43. The number of nitrogens with one attached hydrogen (secondary N) is 2. The van der Waals surface area contributed by atoms with Gasteiger partial charge in [0.05, 0.1) is 0 Å². The van der Waals surface area contributed by atoms with Crippen LogP contribution < -0.4 is 10.6 Å². The fourth-order valence-corrected chi connectivity index (χ4v) is 4.23. The third-order valence-electron chi connectivity index (χ3n) is 5.65. The van der Waals surface area contributed by atoms with Gasteiger partial charge in [0.25, 0.3) is 0 Å². The van der Waals surface area contributed by atoms with E-state index in [1.807, 2.05) is 4.90 Å². The van der Waals surface area contributed by atoms with Crippen molar-refractivity contribution in [2.24, 2.45) is 5.92 Å². The van der Waals surface area contributed by atoms with E-state index in [-0.39, 0.29) is 11.9 Å². The predicted octanol–water partition coefficient (Wildman–Crippen LogP) is 4.81. The van der Waals surface area contributed by atoms with Crippen molar-refractivity contribution in [3.05, 3.63) is 29.3 Å². The van der Waals surface area contributed by atoms with E-state index >= 15 is 0 Å². The lowest BCUT2D eigenvalue weighted by Crippen LogP contribution is -2.42. The molecule has 1 aliphatic heterocycles. The molecule has 2 aliphatic rings. The third-order valence-corrected chi connectivity index (χ3v) is 5.90. The second kappa shape index (κ2) is 9.98. The number of anilines is 1. The van der Waals surface area contributed by atoms with Crippen LogP contribution in [0.1, 0.15) is 57.8 Å². The van der Waals surface area contributed by atoms with Crippen molar-refractivity contribution >= 4 is 29.2 Å². The molecule has 0 bridgehead atoms. The van der Waals surface area contributed by atoms with Gasteiger partial charge in [-0.25, -0.2) is 4.79 Å². The zero-order chi connectivity index (χ0) is 19.1. The zero-order valence-electron chi connectivity index (χ0n) is 15.9. The maximum atomic E-state index is 12.5. The van der Waals surface area contributed by atoms with Crippen LogP contribution in [-0.2, 0) is 4.79 Å². The van der Waals surface area contributed by atoms with Crippen molar-refractivity contribution in [1.29, 1.82) is 0 Å². The van der Waals surface area contributed by atoms with E-state index in [0.717, 1.165) is 50.9 Å². The largest absolute Gasteiger partial charge is 0.353 e. The second-order valence-corrected chi connectivity index (χ2v) is 8.27. The molecular formula is C21H30ClN3O2. The van der Waals surface area contributed by atoms with E-state index < -0.39 is 0 Å². The first-order valence-electron chi connectivity index (χ1n) is 10.2. The Hall–Kier alpha value is -1.75. The lowest BCUT2D eigenvalue weighted by atomic mass is 9.92. The Morgan fingerprint density at radius 3 is 2.52 bits per heavy atom. The van der Waals surface area contributed by atoms with Gasteiger partial charge in [0.2, 0.25) is 5.91 Å². The summed E-state index contributed by atoms with van der Waals surface area (Å²) in [4.78, 5) is 26.6. The summed E-state index contributed by atoms with van der Waals surface area (Å²) in [5.74, 6) is 0.566. The fraction of sp³-hybridized carbons (Fsp3) is 0.619. The van der Waals surface area contributed by atoms with Crippen molar-refractivity contribution in [3.8, 4) is 0 Å². The molecule has 1 aliphatic carbocycles. The highest BCUT2D eigenvalue weighted by Gasteiger charge is 2.24. The minimum absolute atomic E-state index is 0.0753. The number of nitrogens with zero attached hydrogens (tertiary/aromatic N) is 1. The lowest BCUT2D eigenvalue weighted by Gasteiger charge is -2.33. The van der Waals surface area contributed by atoms with Crippen LogP contribution in [0, 0.1) is 5.92 Å². The third kappa shape index (κ3) is 6.42. The maximum Gasteiger partial charge on any atom is 0.321 e. The Labute approximate surface area is 166 Å². The minimum atomic E-state index is -0.0753. The average molecular weight is 392 g/mol. The lowest BCUT2D eigenvalue weighted by molar-refractivity contribution is -0.122. The predicted molar refractivity (Wildman–Crippen MR) is 109 cm³/mol. The summed E-state index contributed by atoms with van der Waals surface area (Å²) >= 11 is 5.88. The SMILES string of the molecule is O=C(CC[C@H]1CCCN(C(=O)Nc2ccc(Cl)cc2)C1)NC1CCCCC1. The molecule has 0 radical (unpaired) electrons. The summed E-state index contributed by atoms with van der Waals surface area (Å²) < 4.78 is 0. The molecule has 1 heterocycles. The van der Waals surface area contributed by atoms with Crippen LogP contribution in [-0.4, -0.2) is 36.0 Å². The van der Waals surface area contributed by atoms with Crippen molar-refractivity contribution in [3.63, 3.8) is 0 Å². The summed E-state index contributed by atoms with van der Waals surface area (Å²) in [6.45, 7) is 1.49. The standard InChI is InChI=1S/C21H30ClN3O2/c22-17-9-11-19(12-10-17)24-21(27)25-14-4-5-16(15-25)8-13-20(26)23-18-6-2-1-3-7-18/h9-12,16,18H,1-8,13-15H2,(H,23,26)(H,24,27)/t16-/m1/s1. The van der Waals surface area contributed by atoms with Gasteiger partial charge in [-0.05, 0) is 62.3 Å². The average Bonchev–Trinajstić information content (AvgIpc) is 2.69. The first-order valence-corrected chi connectivity index (χ1v) is 10.6. The molecule has 0 spiro atoms. The molecule has 3 rings (SSSR count). The molecule has 3 amide bonds. The van der Waals surface area contributed by atoms with Crippen LogP contribution in [0.4, 0.5) is 10.5 Å². The first-order chi connectivity index (χ1) is 13.1. The van der Waals surface area contributed by atoms with E-state index in [1.54, 1.807) is 24.3 Å². The monoisotopic (exact) mass is 391 g/mol. The van der Waals surface area contributed by atoms with Crippen LogP contribution in [0.25, 0.3) is 0 Å². The number of benzene rings is 1. The molecule has 1 aromatic rings. The number of hydrogen-bond acceptors (Lipinski definition) is 2. The normalized spacial score (nSPS) is 20.9. The number of halogens is 1. The quantitative estimate of drug-likeness (QED) is 0.756. The summed E-state index contributed by atoms with van der Waals surface area (Å²) in [5.41, 5.74) is 0.749. The Balaban J connectivity index is 1.41. The molecule has 1 saturated heterocycles. The van der Waals surface area contributed by atoms with Gasteiger partial charge in [-0.3, -0.25) is 4.79 Å².